The minimum absolute atomic E-state index is 0.750. The molecule has 118 valence electrons. The number of halogens is 1. The summed E-state index contributed by atoms with van der Waals surface area (Å²) >= 11 is 5.89. The number of hydrogen-bond donors (Lipinski definition) is 2. The molecule has 4 nitrogen and oxygen atoms in total. The molecule has 0 radical (unpaired) electrons. The molecule has 0 fully saturated rings. The van der Waals surface area contributed by atoms with Crippen molar-refractivity contribution in [2.24, 2.45) is 5.73 Å². The van der Waals surface area contributed by atoms with E-state index in [2.05, 4.69) is 45.7 Å². The van der Waals surface area contributed by atoms with E-state index in [-0.39, 0.29) is 0 Å². The van der Waals surface area contributed by atoms with E-state index < -0.39 is 0 Å². The quantitative estimate of drug-likeness (QED) is 0.566. The van der Waals surface area contributed by atoms with Gasteiger partial charge in [-0.2, -0.15) is 0 Å². The Morgan fingerprint density at radius 3 is 2.35 bits per heavy atom. The molecule has 0 spiro atoms. The highest BCUT2D eigenvalue weighted by atomic mass is 35.5. The zero-order chi connectivity index (χ0) is 16.5. The summed E-state index contributed by atoms with van der Waals surface area (Å²) in [4.78, 5) is 4.46. The lowest BCUT2D eigenvalue weighted by Gasteiger charge is -2.02. The molecule has 5 heteroatoms. The van der Waals surface area contributed by atoms with E-state index in [4.69, 9.17) is 17.0 Å². The second kappa shape index (κ2) is 8.76. The summed E-state index contributed by atoms with van der Waals surface area (Å²) in [7, 11) is 0. The van der Waals surface area contributed by atoms with Gasteiger partial charge >= 0.3 is 0 Å². The van der Waals surface area contributed by atoms with Gasteiger partial charge in [0.15, 0.2) is 0 Å². The number of imidazole rings is 1. The Hall–Kier alpha value is -2.59. The third-order valence-corrected chi connectivity index (χ3v) is 3.45. The molecule has 23 heavy (non-hydrogen) atoms. The van der Waals surface area contributed by atoms with Gasteiger partial charge in [-0.05, 0) is 23.3 Å². The van der Waals surface area contributed by atoms with Crippen LogP contribution in [0, 0.1) is 5.41 Å². The van der Waals surface area contributed by atoms with Gasteiger partial charge in [0.05, 0.1) is 18.4 Å². The van der Waals surface area contributed by atoms with E-state index in [1.54, 1.807) is 0 Å². The summed E-state index contributed by atoms with van der Waals surface area (Å²) in [5.41, 5.74) is 7.98. The molecule has 0 aliphatic rings. The van der Waals surface area contributed by atoms with Crippen LogP contribution in [-0.4, -0.2) is 15.9 Å². The van der Waals surface area contributed by atoms with Crippen LogP contribution >= 0.6 is 11.6 Å². The smallest absolute Gasteiger partial charge is 0.0952 e. The molecule has 0 saturated heterocycles. The second-order valence-electron chi connectivity index (χ2n) is 4.99. The fourth-order valence-corrected chi connectivity index (χ4v) is 2.32. The first kappa shape index (κ1) is 16.8. The van der Waals surface area contributed by atoms with Crippen LogP contribution in [0.25, 0.3) is 0 Å². The maximum absolute atomic E-state index is 5.89. The van der Waals surface area contributed by atoms with Crippen molar-refractivity contribution < 1.29 is 0 Å². The van der Waals surface area contributed by atoms with Gasteiger partial charge in [0.2, 0.25) is 0 Å². The minimum atomic E-state index is 0.750. The largest absolute Gasteiger partial charge is 0.390 e. The number of benzene rings is 2. The van der Waals surface area contributed by atoms with Crippen LogP contribution < -0.4 is 5.73 Å². The molecule has 0 amide bonds. The summed E-state index contributed by atoms with van der Waals surface area (Å²) in [6, 6.07) is 18.3. The van der Waals surface area contributed by atoms with Crippen molar-refractivity contribution in [1.82, 2.24) is 9.55 Å². The monoisotopic (exact) mass is 326 g/mol. The molecule has 2 aromatic carbocycles. The van der Waals surface area contributed by atoms with Crippen molar-refractivity contribution in [3.8, 4) is 0 Å². The van der Waals surface area contributed by atoms with Crippen LogP contribution in [0.3, 0.4) is 0 Å². The Morgan fingerprint density at radius 2 is 1.70 bits per heavy atom. The molecule has 1 heterocycles. The van der Waals surface area contributed by atoms with Crippen molar-refractivity contribution in [1.29, 1.82) is 5.41 Å². The highest BCUT2D eigenvalue weighted by molar-refractivity contribution is 6.30. The Balaban J connectivity index is 0.000000595. The average Bonchev–Trinajstić information content (AvgIpc) is 2.98. The van der Waals surface area contributed by atoms with Crippen molar-refractivity contribution in [2.45, 2.75) is 13.0 Å². The van der Waals surface area contributed by atoms with E-state index in [0.29, 0.717) is 0 Å². The Labute approximate surface area is 141 Å². The lowest BCUT2D eigenvalue weighted by Crippen LogP contribution is -1.96. The van der Waals surface area contributed by atoms with E-state index in [1.165, 1.54) is 11.1 Å². The standard InChI is InChI=1S/C17H15ClN2.CH4N2/c18-16-8-6-15(7-9-16)11-20-12-17(19-13-20)10-14-4-2-1-3-5-14;2-1-3/h1-9,12-13H,10-11H2;1H,(H3,2,3). The molecule has 3 N–H and O–H groups in total. The van der Waals surface area contributed by atoms with Crippen molar-refractivity contribution in [3.05, 3.63) is 89.0 Å². The number of nitrogens with zero attached hydrogens (tertiary/aromatic N) is 2. The molecule has 0 saturated carbocycles. The van der Waals surface area contributed by atoms with E-state index in [1.807, 2.05) is 36.7 Å². The highest BCUT2D eigenvalue weighted by Gasteiger charge is 2.01. The topological polar surface area (TPSA) is 67.7 Å². The van der Waals surface area contributed by atoms with Crippen LogP contribution in [0.15, 0.2) is 67.1 Å². The van der Waals surface area contributed by atoms with Crippen LogP contribution in [0.4, 0.5) is 0 Å². The van der Waals surface area contributed by atoms with Crippen LogP contribution in [-0.2, 0) is 13.0 Å². The van der Waals surface area contributed by atoms with Gasteiger partial charge in [0, 0.05) is 24.2 Å². The van der Waals surface area contributed by atoms with Crippen molar-refractivity contribution in [2.75, 3.05) is 0 Å². The van der Waals surface area contributed by atoms with Gasteiger partial charge in [0.1, 0.15) is 0 Å². The minimum Gasteiger partial charge on any atom is -0.390 e. The predicted octanol–water partition coefficient (Wildman–Crippen LogP) is 3.73. The number of nitrogens with two attached hydrogens (primary N) is 1. The normalized spacial score (nSPS) is 9.78. The van der Waals surface area contributed by atoms with Gasteiger partial charge in [-0.25, -0.2) is 4.98 Å². The molecule has 0 atom stereocenters. The summed E-state index contributed by atoms with van der Waals surface area (Å²) in [5, 5.41) is 6.63. The number of aromatic nitrogens is 2. The summed E-state index contributed by atoms with van der Waals surface area (Å²) in [6.07, 6.45) is 5.60. The van der Waals surface area contributed by atoms with Crippen molar-refractivity contribution in [3.63, 3.8) is 0 Å². The average molecular weight is 327 g/mol. The van der Waals surface area contributed by atoms with Gasteiger partial charge in [-0.15, -0.1) is 0 Å². The molecule has 0 bridgehead atoms. The highest BCUT2D eigenvalue weighted by Crippen LogP contribution is 2.12. The zero-order valence-corrected chi connectivity index (χ0v) is 13.4. The number of hydrogen-bond acceptors (Lipinski definition) is 2. The first-order chi connectivity index (χ1) is 11.2. The molecule has 0 aliphatic carbocycles. The van der Waals surface area contributed by atoms with Gasteiger partial charge < -0.3 is 10.3 Å². The fraction of sp³-hybridized carbons (Fsp3) is 0.111. The third kappa shape index (κ3) is 5.60. The molecular formula is C18H19ClN4. The molecule has 3 aromatic rings. The van der Waals surface area contributed by atoms with E-state index in [0.717, 1.165) is 30.0 Å². The van der Waals surface area contributed by atoms with Crippen LogP contribution in [0.2, 0.25) is 5.02 Å². The lowest BCUT2D eigenvalue weighted by molar-refractivity contribution is 0.796. The molecule has 0 aliphatic heterocycles. The van der Waals surface area contributed by atoms with Gasteiger partial charge in [-0.3, -0.25) is 5.41 Å². The van der Waals surface area contributed by atoms with Gasteiger partial charge in [0.25, 0.3) is 0 Å². The van der Waals surface area contributed by atoms with E-state index in [9.17, 15) is 0 Å². The van der Waals surface area contributed by atoms with Crippen molar-refractivity contribution >= 4 is 17.9 Å². The van der Waals surface area contributed by atoms with E-state index >= 15 is 0 Å². The maximum Gasteiger partial charge on any atom is 0.0952 e. The second-order valence-corrected chi connectivity index (χ2v) is 5.43. The summed E-state index contributed by atoms with van der Waals surface area (Å²) in [5.74, 6) is 0. The summed E-state index contributed by atoms with van der Waals surface area (Å²) in [6.45, 7) is 0.818. The SMILES string of the molecule is Clc1ccc(Cn2cnc(Cc3ccccc3)c2)cc1.N=CN. The summed E-state index contributed by atoms with van der Waals surface area (Å²) < 4.78 is 2.10. The first-order valence-corrected chi connectivity index (χ1v) is 7.58. The van der Waals surface area contributed by atoms with Crippen LogP contribution in [0.5, 0.6) is 0 Å². The molecule has 3 rings (SSSR count). The maximum atomic E-state index is 5.89. The zero-order valence-electron chi connectivity index (χ0n) is 12.7. The molecule has 1 aromatic heterocycles. The predicted molar refractivity (Wildman–Crippen MR) is 95.0 cm³/mol. The molecule has 0 unspecified atom stereocenters. The Bertz CT molecular complexity index is 720. The third-order valence-electron chi connectivity index (χ3n) is 3.19. The Kier molecular flexibility index (Phi) is 6.39. The number of nitrogens with one attached hydrogen (secondary N) is 1. The van der Waals surface area contributed by atoms with Crippen LogP contribution in [0.1, 0.15) is 16.8 Å². The molecular weight excluding hydrogens is 308 g/mol. The van der Waals surface area contributed by atoms with Gasteiger partial charge in [-0.1, -0.05) is 54.1 Å². The first-order valence-electron chi connectivity index (χ1n) is 7.21. The number of rotatable bonds is 4. The fourth-order valence-electron chi connectivity index (χ4n) is 2.19. The lowest BCUT2D eigenvalue weighted by atomic mass is 10.1. The Morgan fingerprint density at radius 1 is 1.04 bits per heavy atom.